The smallest absolute Gasteiger partial charge is 0.0890 e. The molecular formula is C7H5N2. The van der Waals surface area contributed by atoms with Gasteiger partial charge in [0.25, 0.3) is 0 Å². The molecule has 0 unspecified atom stereocenters. The second-order valence-electron chi connectivity index (χ2n) is 1.59. The van der Waals surface area contributed by atoms with Crippen molar-refractivity contribution in [2.24, 2.45) is 0 Å². The molecule has 1 aromatic rings. The van der Waals surface area contributed by atoms with Crippen LogP contribution >= 0.6 is 0 Å². The summed E-state index contributed by atoms with van der Waals surface area (Å²) >= 11 is 0. The Morgan fingerprint density at radius 1 is 1.78 bits per heavy atom. The van der Waals surface area contributed by atoms with Crippen LogP contribution in [0.5, 0.6) is 0 Å². The normalized spacial score (nSPS) is 8.33. The van der Waals surface area contributed by atoms with Crippen molar-refractivity contribution in [3.8, 4) is 6.07 Å². The summed E-state index contributed by atoms with van der Waals surface area (Å²) in [5, 5.41) is 8.22. The van der Waals surface area contributed by atoms with Crippen LogP contribution in [0.2, 0.25) is 0 Å². The lowest BCUT2D eigenvalue weighted by atomic mass is 10.3. The molecule has 0 saturated carbocycles. The third-order valence-corrected chi connectivity index (χ3v) is 0.928. The van der Waals surface area contributed by atoms with E-state index in [4.69, 9.17) is 5.26 Å². The number of nitrogens with zero attached hydrogens (tertiary/aromatic N) is 2. The molecule has 0 fully saturated rings. The highest BCUT2D eigenvalue weighted by Crippen LogP contribution is 1.91. The fourth-order valence-electron chi connectivity index (χ4n) is 0.539. The minimum atomic E-state index is 0.372. The van der Waals surface area contributed by atoms with E-state index in [-0.39, 0.29) is 0 Å². The first-order valence-corrected chi connectivity index (χ1v) is 2.62. The van der Waals surface area contributed by atoms with Gasteiger partial charge in [-0.3, -0.25) is 4.98 Å². The summed E-state index contributed by atoms with van der Waals surface area (Å²) in [7, 11) is 0. The Bertz CT molecular complexity index is 210. The molecular weight excluding hydrogens is 112 g/mol. The van der Waals surface area contributed by atoms with E-state index < -0.39 is 0 Å². The minimum absolute atomic E-state index is 0.372. The van der Waals surface area contributed by atoms with Crippen molar-refractivity contribution in [2.45, 2.75) is 6.42 Å². The van der Waals surface area contributed by atoms with Crippen molar-refractivity contribution in [3.63, 3.8) is 0 Å². The summed E-state index contributed by atoms with van der Waals surface area (Å²) in [6, 6.07) is 7.34. The standard InChI is InChI=1S/C7H5N2/c8-5-4-7-3-1-2-6-9-7/h1-3H,4H2. The van der Waals surface area contributed by atoms with E-state index in [0.717, 1.165) is 5.69 Å². The van der Waals surface area contributed by atoms with Gasteiger partial charge in [-0.1, -0.05) is 6.07 Å². The molecule has 1 radical (unpaired) electrons. The SMILES string of the molecule is N#CCc1ccc[c]n1. The van der Waals surface area contributed by atoms with Crippen molar-refractivity contribution in [3.05, 3.63) is 30.1 Å². The third-order valence-electron chi connectivity index (χ3n) is 0.928. The lowest BCUT2D eigenvalue weighted by Crippen LogP contribution is -1.83. The Kier molecular flexibility index (Phi) is 1.81. The highest BCUT2D eigenvalue weighted by Gasteiger charge is 1.86. The van der Waals surface area contributed by atoms with Crippen LogP contribution in [0.3, 0.4) is 0 Å². The number of hydrogen-bond acceptors (Lipinski definition) is 2. The molecule has 2 heteroatoms. The van der Waals surface area contributed by atoms with Gasteiger partial charge >= 0.3 is 0 Å². The third kappa shape index (κ3) is 1.54. The van der Waals surface area contributed by atoms with Crippen LogP contribution in [-0.4, -0.2) is 4.98 Å². The second kappa shape index (κ2) is 2.83. The second-order valence-corrected chi connectivity index (χ2v) is 1.59. The Labute approximate surface area is 53.8 Å². The fraction of sp³-hybridized carbons (Fsp3) is 0.143. The van der Waals surface area contributed by atoms with Gasteiger partial charge in [-0.15, -0.1) is 0 Å². The van der Waals surface area contributed by atoms with Crippen LogP contribution in [0.1, 0.15) is 5.69 Å². The van der Waals surface area contributed by atoms with Gasteiger partial charge in [0.05, 0.1) is 24.4 Å². The molecule has 2 nitrogen and oxygen atoms in total. The van der Waals surface area contributed by atoms with Gasteiger partial charge < -0.3 is 0 Å². The molecule has 0 spiro atoms. The first-order chi connectivity index (χ1) is 4.43. The van der Waals surface area contributed by atoms with Crippen molar-refractivity contribution in [1.82, 2.24) is 4.98 Å². The van der Waals surface area contributed by atoms with Crippen LogP contribution in [0.25, 0.3) is 0 Å². The van der Waals surface area contributed by atoms with E-state index in [9.17, 15) is 0 Å². The molecule has 0 aromatic carbocycles. The summed E-state index contributed by atoms with van der Waals surface area (Å²) in [5.41, 5.74) is 0.778. The largest absolute Gasteiger partial charge is 0.250 e. The average Bonchev–Trinajstić information content (AvgIpc) is 1.91. The quantitative estimate of drug-likeness (QED) is 0.549. The first kappa shape index (κ1) is 5.77. The number of nitriles is 1. The van der Waals surface area contributed by atoms with E-state index in [0.29, 0.717) is 6.42 Å². The summed E-state index contributed by atoms with van der Waals surface area (Å²) in [6.07, 6.45) is 3.02. The van der Waals surface area contributed by atoms with Gasteiger partial charge in [-0.25, -0.2) is 0 Å². The lowest BCUT2D eigenvalue weighted by molar-refractivity contribution is 1.11. The molecule has 0 amide bonds. The maximum atomic E-state index is 8.22. The average molecular weight is 117 g/mol. The number of rotatable bonds is 1. The zero-order chi connectivity index (χ0) is 6.53. The molecule has 1 rings (SSSR count). The Balaban J connectivity index is 2.76. The maximum absolute atomic E-state index is 8.22. The molecule has 0 aliphatic carbocycles. The summed E-state index contributed by atoms with van der Waals surface area (Å²) in [4.78, 5) is 3.82. The molecule has 0 bridgehead atoms. The zero-order valence-electron chi connectivity index (χ0n) is 4.83. The van der Waals surface area contributed by atoms with Gasteiger partial charge in [-0.2, -0.15) is 5.26 Å². The van der Waals surface area contributed by atoms with Crippen LogP contribution < -0.4 is 0 Å². The Morgan fingerprint density at radius 2 is 2.67 bits per heavy atom. The van der Waals surface area contributed by atoms with E-state index in [1.165, 1.54) is 0 Å². The molecule has 0 N–H and O–H groups in total. The first-order valence-electron chi connectivity index (χ1n) is 2.62. The predicted molar refractivity (Wildman–Crippen MR) is 32.4 cm³/mol. The molecule has 0 atom stereocenters. The summed E-state index contributed by atoms with van der Waals surface area (Å²) < 4.78 is 0. The van der Waals surface area contributed by atoms with E-state index in [2.05, 4.69) is 11.2 Å². The fourth-order valence-corrected chi connectivity index (χ4v) is 0.539. The van der Waals surface area contributed by atoms with Crippen molar-refractivity contribution < 1.29 is 0 Å². The van der Waals surface area contributed by atoms with Gasteiger partial charge in [0, 0.05) is 0 Å². The predicted octanol–water partition coefficient (Wildman–Crippen LogP) is 0.948. The molecule has 9 heavy (non-hydrogen) atoms. The van der Waals surface area contributed by atoms with Crippen LogP contribution in [-0.2, 0) is 6.42 Å². The van der Waals surface area contributed by atoms with Gasteiger partial charge in [0.2, 0.25) is 0 Å². The maximum Gasteiger partial charge on any atom is 0.0890 e. The monoisotopic (exact) mass is 117 g/mol. The minimum Gasteiger partial charge on any atom is -0.250 e. The highest BCUT2D eigenvalue weighted by atomic mass is 14.7. The van der Waals surface area contributed by atoms with Crippen molar-refractivity contribution in [2.75, 3.05) is 0 Å². The van der Waals surface area contributed by atoms with Gasteiger partial charge in [0.1, 0.15) is 0 Å². The van der Waals surface area contributed by atoms with E-state index in [1.54, 1.807) is 12.1 Å². The van der Waals surface area contributed by atoms with Crippen LogP contribution in [0.4, 0.5) is 0 Å². The van der Waals surface area contributed by atoms with Crippen LogP contribution in [0, 0.1) is 17.5 Å². The molecule has 0 aliphatic heterocycles. The van der Waals surface area contributed by atoms with Crippen molar-refractivity contribution in [1.29, 1.82) is 5.26 Å². The van der Waals surface area contributed by atoms with Gasteiger partial charge in [0.15, 0.2) is 0 Å². The molecule has 0 aliphatic rings. The lowest BCUT2D eigenvalue weighted by Gasteiger charge is -1.86. The van der Waals surface area contributed by atoms with Gasteiger partial charge in [-0.05, 0) is 12.1 Å². The topological polar surface area (TPSA) is 36.7 Å². The molecule has 0 saturated heterocycles. The summed E-state index contributed by atoms with van der Waals surface area (Å²) in [5.74, 6) is 0. The van der Waals surface area contributed by atoms with E-state index in [1.807, 2.05) is 12.1 Å². The van der Waals surface area contributed by atoms with Crippen LogP contribution in [0.15, 0.2) is 18.2 Å². The number of pyridine rings is 1. The molecule has 1 aromatic heterocycles. The molecule has 43 valence electrons. The zero-order valence-corrected chi connectivity index (χ0v) is 4.83. The summed E-state index contributed by atoms with van der Waals surface area (Å²) in [6.45, 7) is 0. The number of aromatic nitrogens is 1. The molecule has 1 heterocycles. The van der Waals surface area contributed by atoms with E-state index >= 15 is 0 Å². The number of hydrogen-bond donors (Lipinski definition) is 0. The Morgan fingerprint density at radius 3 is 3.22 bits per heavy atom. The van der Waals surface area contributed by atoms with Crippen molar-refractivity contribution >= 4 is 0 Å². The highest BCUT2D eigenvalue weighted by molar-refractivity contribution is 5.06. The Hall–Kier alpha value is -1.36.